The van der Waals surface area contributed by atoms with Gasteiger partial charge in [-0.2, -0.15) is 0 Å². The predicted molar refractivity (Wildman–Crippen MR) is 125 cm³/mol. The number of rotatable bonds is 6. The summed E-state index contributed by atoms with van der Waals surface area (Å²) in [7, 11) is 0. The number of anilines is 2. The topological polar surface area (TPSA) is 61.9 Å². The zero-order chi connectivity index (χ0) is 22.5. The number of benzene rings is 2. The molecule has 1 atom stereocenters. The van der Waals surface area contributed by atoms with Gasteiger partial charge in [-0.3, -0.25) is 9.59 Å². The molecule has 0 aromatic heterocycles. The molecule has 2 amide bonds. The van der Waals surface area contributed by atoms with Crippen LogP contribution in [0.4, 0.5) is 11.4 Å². The molecular formula is C23H27Cl2N3O3. The number of carbonyl (C=O) groups is 2. The van der Waals surface area contributed by atoms with Gasteiger partial charge in [0.25, 0.3) is 5.91 Å². The molecule has 6 nitrogen and oxygen atoms in total. The fourth-order valence-corrected chi connectivity index (χ4v) is 3.89. The predicted octanol–water partition coefficient (Wildman–Crippen LogP) is 4.70. The zero-order valence-corrected chi connectivity index (χ0v) is 19.4. The number of para-hydroxylation sites is 2. The maximum Gasteiger partial charge on any atom is 0.265 e. The molecular weight excluding hydrogens is 437 g/mol. The van der Waals surface area contributed by atoms with E-state index in [-0.39, 0.29) is 17.7 Å². The molecule has 1 saturated heterocycles. The quantitative estimate of drug-likeness (QED) is 0.673. The average molecular weight is 464 g/mol. The van der Waals surface area contributed by atoms with Crippen LogP contribution >= 0.6 is 23.2 Å². The van der Waals surface area contributed by atoms with Gasteiger partial charge in [0.1, 0.15) is 5.75 Å². The van der Waals surface area contributed by atoms with Crippen LogP contribution < -0.4 is 15.0 Å². The summed E-state index contributed by atoms with van der Waals surface area (Å²) in [6.07, 6.45) is -0.757. The average Bonchev–Trinajstić information content (AvgIpc) is 2.75. The van der Waals surface area contributed by atoms with Crippen molar-refractivity contribution in [3.63, 3.8) is 0 Å². The highest BCUT2D eigenvalue weighted by Crippen LogP contribution is 2.30. The summed E-state index contributed by atoms with van der Waals surface area (Å²) >= 11 is 12.1. The Balaban J connectivity index is 1.65. The summed E-state index contributed by atoms with van der Waals surface area (Å²) in [5.74, 6) is 0.279. The van der Waals surface area contributed by atoms with E-state index in [1.54, 1.807) is 25.1 Å². The molecule has 2 aromatic carbocycles. The summed E-state index contributed by atoms with van der Waals surface area (Å²) in [5.41, 5.74) is 1.62. The Labute approximate surface area is 193 Å². The number of nitrogens with one attached hydrogen (secondary N) is 1. The van der Waals surface area contributed by atoms with E-state index < -0.39 is 6.10 Å². The van der Waals surface area contributed by atoms with Crippen LogP contribution in [0.1, 0.15) is 20.8 Å². The molecule has 0 spiro atoms. The van der Waals surface area contributed by atoms with E-state index in [0.717, 1.165) is 5.69 Å². The van der Waals surface area contributed by atoms with Crippen molar-refractivity contribution in [2.45, 2.75) is 26.9 Å². The highest BCUT2D eigenvalue weighted by Gasteiger charge is 2.25. The second kappa shape index (κ2) is 10.2. The zero-order valence-electron chi connectivity index (χ0n) is 17.9. The van der Waals surface area contributed by atoms with Crippen molar-refractivity contribution in [3.05, 3.63) is 52.5 Å². The lowest BCUT2D eigenvalue weighted by molar-refractivity contribution is -0.134. The maximum atomic E-state index is 12.8. The van der Waals surface area contributed by atoms with Crippen LogP contribution in [0.5, 0.6) is 5.75 Å². The van der Waals surface area contributed by atoms with E-state index in [9.17, 15) is 9.59 Å². The second-order valence-electron chi connectivity index (χ2n) is 7.81. The summed E-state index contributed by atoms with van der Waals surface area (Å²) in [6, 6.07) is 12.5. The van der Waals surface area contributed by atoms with Crippen molar-refractivity contribution in [1.82, 2.24) is 4.90 Å². The minimum atomic E-state index is -0.757. The number of halogens is 2. The van der Waals surface area contributed by atoms with Crippen molar-refractivity contribution in [1.29, 1.82) is 0 Å². The first-order valence-corrected chi connectivity index (χ1v) is 11.1. The fraction of sp³-hybridized carbons (Fsp3) is 0.391. The lowest BCUT2D eigenvalue weighted by Gasteiger charge is -2.37. The third-order valence-electron chi connectivity index (χ3n) is 5.15. The Morgan fingerprint density at radius 3 is 2.32 bits per heavy atom. The molecule has 2 aromatic rings. The van der Waals surface area contributed by atoms with E-state index in [2.05, 4.69) is 10.2 Å². The Morgan fingerprint density at radius 2 is 1.68 bits per heavy atom. The third kappa shape index (κ3) is 5.83. The van der Waals surface area contributed by atoms with Gasteiger partial charge in [0, 0.05) is 37.1 Å². The summed E-state index contributed by atoms with van der Waals surface area (Å²) in [4.78, 5) is 29.1. The van der Waals surface area contributed by atoms with Gasteiger partial charge >= 0.3 is 0 Å². The van der Waals surface area contributed by atoms with E-state index in [1.165, 1.54) is 0 Å². The molecule has 0 saturated carbocycles. The first-order chi connectivity index (χ1) is 14.8. The molecule has 0 unspecified atom stereocenters. The van der Waals surface area contributed by atoms with Gasteiger partial charge < -0.3 is 19.9 Å². The molecule has 31 heavy (non-hydrogen) atoms. The lowest BCUT2D eigenvalue weighted by atomic mass is 10.1. The lowest BCUT2D eigenvalue weighted by Crippen LogP contribution is -2.50. The summed E-state index contributed by atoms with van der Waals surface area (Å²) < 4.78 is 5.72. The molecule has 1 fully saturated rings. The van der Waals surface area contributed by atoms with Crippen molar-refractivity contribution >= 4 is 46.4 Å². The molecule has 166 valence electrons. The Bertz CT molecular complexity index is 943. The molecule has 1 aliphatic rings. The molecule has 1 N–H and O–H groups in total. The number of amides is 2. The summed E-state index contributed by atoms with van der Waals surface area (Å²) in [6.45, 7) is 8.23. The van der Waals surface area contributed by atoms with Crippen LogP contribution in [0, 0.1) is 5.92 Å². The van der Waals surface area contributed by atoms with Gasteiger partial charge in [-0.1, -0.05) is 49.2 Å². The first kappa shape index (κ1) is 23.2. The van der Waals surface area contributed by atoms with E-state index in [0.29, 0.717) is 47.7 Å². The minimum Gasteiger partial charge on any atom is -0.479 e. The molecule has 0 bridgehead atoms. The number of nitrogens with zero attached hydrogens (tertiary/aromatic N) is 2. The van der Waals surface area contributed by atoms with Gasteiger partial charge in [-0.15, -0.1) is 0 Å². The normalized spacial score (nSPS) is 15.0. The molecule has 0 radical (unpaired) electrons. The smallest absolute Gasteiger partial charge is 0.265 e. The molecule has 1 aliphatic heterocycles. The highest BCUT2D eigenvalue weighted by molar-refractivity contribution is 6.35. The monoisotopic (exact) mass is 463 g/mol. The number of ether oxygens (including phenoxy) is 1. The van der Waals surface area contributed by atoms with E-state index >= 15 is 0 Å². The minimum absolute atomic E-state index is 0.00578. The van der Waals surface area contributed by atoms with Crippen molar-refractivity contribution in [2.75, 3.05) is 36.4 Å². The number of hydrogen-bond acceptors (Lipinski definition) is 4. The maximum absolute atomic E-state index is 12.8. The van der Waals surface area contributed by atoms with Gasteiger partial charge in [0.2, 0.25) is 5.91 Å². The molecule has 8 heteroatoms. The number of hydrogen-bond donors (Lipinski definition) is 1. The van der Waals surface area contributed by atoms with E-state index in [1.807, 2.05) is 43.0 Å². The van der Waals surface area contributed by atoms with E-state index in [4.69, 9.17) is 27.9 Å². The van der Waals surface area contributed by atoms with Gasteiger partial charge in [0.15, 0.2) is 6.10 Å². The van der Waals surface area contributed by atoms with Gasteiger partial charge in [-0.25, -0.2) is 0 Å². The fourth-order valence-electron chi connectivity index (χ4n) is 3.44. The van der Waals surface area contributed by atoms with Crippen LogP contribution in [0.25, 0.3) is 0 Å². The van der Waals surface area contributed by atoms with Gasteiger partial charge in [0.05, 0.1) is 16.4 Å². The van der Waals surface area contributed by atoms with Crippen molar-refractivity contribution < 1.29 is 14.3 Å². The number of piperazine rings is 1. The first-order valence-electron chi connectivity index (χ1n) is 10.3. The second-order valence-corrected chi connectivity index (χ2v) is 8.65. The Morgan fingerprint density at radius 1 is 1.00 bits per heavy atom. The van der Waals surface area contributed by atoms with Crippen LogP contribution in [-0.2, 0) is 9.59 Å². The SMILES string of the molecule is CC(C)C(=O)N1CCN(c2ccccc2NC(=O)[C@H](C)Oc2ccc(Cl)cc2Cl)CC1. The molecule has 0 aliphatic carbocycles. The standard InChI is InChI=1S/C23H27Cl2N3O3/c1-15(2)23(30)28-12-10-27(11-13-28)20-7-5-4-6-19(20)26-22(29)16(3)31-21-9-8-17(24)14-18(21)25/h4-9,14-16H,10-13H2,1-3H3,(H,26,29)/t16-/m0/s1. The van der Waals surface area contributed by atoms with Crippen LogP contribution in [0.3, 0.4) is 0 Å². The van der Waals surface area contributed by atoms with Gasteiger partial charge in [-0.05, 0) is 37.3 Å². The van der Waals surface area contributed by atoms with Crippen LogP contribution in [0.15, 0.2) is 42.5 Å². The van der Waals surface area contributed by atoms with Crippen LogP contribution in [-0.4, -0.2) is 49.0 Å². The van der Waals surface area contributed by atoms with Crippen LogP contribution in [0.2, 0.25) is 10.0 Å². The molecule has 3 rings (SSSR count). The Kier molecular flexibility index (Phi) is 7.68. The largest absolute Gasteiger partial charge is 0.479 e. The molecule has 1 heterocycles. The Hall–Kier alpha value is -2.44. The van der Waals surface area contributed by atoms with Crippen molar-refractivity contribution in [3.8, 4) is 5.75 Å². The highest BCUT2D eigenvalue weighted by atomic mass is 35.5. The third-order valence-corrected chi connectivity index (χ3v) is 5.69. The number of carbonyl (C=O) groups excluding carboxylic acids is 2. The summed E-state index contributed by atoms with van der Waals surface area (Å²) in [5, 5.41) is 3.80. The van der Waals surface area contributed by atoms with Crippen molar-refractivity contribution in [2.24, 2.45) is 5.92 Å².